The standard InChI is InChI=1S/C20H32N4O14/c21-1-2-22-3-4-23(9-16(33)34)19(5-12(25)26,6-13(27)28)20(7-14(29)30,8-15(31)32)24(10-17(35)36)11-18(37)38/h22H,1-11,21H2,(H,25,26)(H,27,28)(H,29,30)(H,31,32)(H,33,34)(H,35,36)(H,37,38). The molecule has 0 unspecified atom stereocenters. The van der Waals surface area contributed by atoms with E-state index in [0.29, 0.717) is 4.90 Å². The summed E-state index contributed by atoms with van der Waals surface area (Å²) in [7, 11) is 0. The minimum Gasteiger partial charge on any atom is -0.481 e. The summed E-state index contributed by atoms with van der Waals surface area (Å²) in [5.74, 6) is -12.6. The predicted octanol–water partition coefficient (Wildman–Crippen LogP) is -3.23. The van der Waals surface area contributed by atoms with E-state index in [1.807, 2.05) is 0 Å². The van der Waals surface area contributed by atoms with Crippen molar-refractivity contribution in [2.24, 2.45) is 5.73 Å². The first-order valence-electron chi connectivity index (χ1n) is 11.0. The first-order valence-corrected chi connectivity index (χ1v) is 11.0. The Kier molecular flexibility index (Phi) is 13.8. The number of hydrogen-bond acceptors (Lipinski definition) is 11. The van der Waals surface area contributed by atoms with Gasteiger partial charge in [0, 0.05) is 26.2 Å². The van der Waals surface area contributed by atoms with Crippen LogP contribution in [0.4, 0.5) is 0 Å². The molecule has 18 nitrogen and oxygen atoms in total. The molecule has 10 N–H and O–H groups in total. The lowest BCUT2D eigenvalue weighted by atomic mass is 9.65. The highest BCUT2D eigenvalue weighted by atomic mass is 16.4. The molecule has 0 atom stereocenters. The maximum Gasteiger partial charge on any atom is 0.317 e. The van der Waals surface area contributed by atoms with E-state index >= 15 is 0 Å². The maximum atomic E-state index is 12.1. The average molecular weight is 552 g/mol. The molecule has 0 bridgehead atoms. The molecule has 0 aliphatic heterocycles. The fraction of sp³-hybridized carbons (Fsp3) is 0.650. The number of aliphatic carboxylic acids is 7. The number of nitrogens with two attached hydrogens (primary N) is 1. The Morgan fingerprint density at radius 1 is 0.526 bits per heavy atom. The van der Waals surface area contributed by atoms with E-state index in [4.69, 9.17) is 5.73 Å². The van der Waals surface area contributed by atoms with Crippen molar-refractivity contribution in [1.82, 2.24) is 15.1 Å². The second-order valence-electron chi connectivity index (χ2n) is 8.34. The number of rotatable bonds is 22. The van der Waals surface area contributed by atoms with Crippen molar-refractivity contribution in [3.05, 3.63) is 0 Å². The lowest BCUT2D eigenvalue weighted by Gasteiger charge is -2.57. The normalized spacial score (nSPS) is 11.9. The van der Waals surface area contributed by atoms with Gasteiger partial charge < -0.3 is 46.8 Å². The van der Waals surface area contributed by atoms with Gasteiger partial charge in [-0.25, -0.2) is 0 Å². The van der Waals surface area contributed by atoms with E-state index in [0.717, 1.165) is 4.90 Å². The van der Waals surface area contributed by atoms with Crippen LogP contribution in [-0.4, -0.2) is 144 Å². The van der Waals surface area contributed by atoms with Crippen LogP contribution in [-0.2, 0) is 33.6 Å². The summed E-state index contributed by atoms with van der Waals surface area (Å²) in [6.45, 7) is -4.21. The van der Waals surface area contributed by atoms with Gasteiger partial charge in [-0.05, 0) is 0 Å². The van der Waals surface area contributed by atoms with Gasteiger partial charge in [0.25, 0.3) is 0 Å². The van der Waals surface area contributed by atoms with E-state index in [1.165, 1.54) is 0 Å². The molecule has 0 amide bonds. The van der Waals surface area contributed by atoms with Crippen molar-refractivity contribution < 1.29 is 69.3 Å². The summed E-state index contributed by atoms with van der Waals surface area (Å²) in [5, 5.41) is 70.3. The lowest BCUT2D eigenvalue weighted by molar-refractivity contribution is -0.177. The van der Waals surface area contributed by atoms with Gasteiger partial charge in [-0.1, -0.05) is 0 Å². The van der Waals surface area contributed by atoms with Gasteiger partial charge in [0.05, 0.1) is 56.4 Å². The first kappa shape index (κ1) is 34.1. The lowest BCUT2D eigenvalue weighted by Crippen LogP contribution is -2.75. The summed E-state index contributed by atoms with van der Waals surface area (Å²) in [5.41, 5.74) is -0.261. The molecule has 0 rings (SSSR count). The zero-order valence-electron chi connectivity index (χ0n) is 20.2. The van der Waals surface area contributed by atoms with Crippen molar-refractivity contribution in [2.45, 2.75) is 36.8 Å². The van der Waals surface area contributed by atoms with E-state index < -0.39 is 105 Å². The highest BCUT2D eigenvalue weighted by Crippen LogP contribution is 2.45. The van der Waals surface area contributed by atoms with Crippen LogP contribution in [0.1, 0.15) is 25.7 Å². The number of nitrogens with one attached hydrogen (secondary N) is 1. The SMILES string of the molecule is NCCNCCN(CC(=O)O)C(CC(=O)O)(CC(=O)O)C(CC(=O)O)(CC(=O)O)N(CC(=O)O)CC(=O)O. The molecule has 0 spiro atoms. The average Bonchev–Trinajstić information content (AvgIpc) is 2.71. The minimum atomic E-state index is -2.87. The quantitative estimate of drug-likeness (QED) is 0.0596. The highest BCUT2D eigenvalue weighted by Gasteiger charge is 2.62. The fourth-order valence-electron chi connectivity index (χ4n) is 4.55. The number of carbonyl (C=O) groups is 7. The third kappa shape index (κ3) is 10.2. The Morgan fingerprint density at radius 2 is 0.842 bits per heavy atom. The zero-order valence-corrected chi connectivity index (χ0v) is 20.2. The van der Waals surface area contributed by atoms with Crippen molar-refractivity contribution in [3.63, 3.8) is 0 Å². The van der Waals surface area contributed by atoms with Gasteiger partial charge in [-0.15, -0.1) is 0 Å². The van der Waals surface area contributed by atoms with Gasteiger partial charge in [0.15, 0.2) is 0 Å². The molecular weight excluding hydrogens is 520 g/mol. The Labute approximate surface area is 215 Å². The van der Waals surface area contributed by atoms with Gasteiger partial charge in [-0.3, -0.25) is 43.4 Å². The molecule has 0 radical (unpaired) electrons. The molecular formula is C20H32N4O14. The number of carboxylic acids is 7. The molecule has 0 aliphatic rings. The summed E-state index contributed by atoms with van der Waals surface area (Å²) in [6, 6.07) is 0. The molecule has 38 heavy (non-hydrogen) atoms. The van der Waals surface area contributed by atoms with Gasteiger partial charge in [-0.2, -0.15) is 0 Å². The van der Waals surface area contributed by atoms with Crippen LogP contribution >= 0.6 is 0 Å². The van der Waals surface area contributed by atoms with Crippen LogP contribution in [0, 0.1) is 0 Å². The Morgan fingerprint density at radius 3 is 1.13 bits per heavy atom. The van der Waals surface area contributed by atoms with Crippen molar-refractivity contribution in [3.8, 4) is 0 Å². The number of carboxylic acid groups (broad SMARTS) is 7. The summed E-state index contributed by atoms with van der Waals surface area (Å²) < 4.78 is 0. The highest BCUT2D eigenvalue weighted by molar-refractivity contribution is 5.80. The van der Waals surface area contributed by atoms with E-state index in [1.54, 1.807) is 0 Å². The summed E-state index contributed by atoms with van der Waals surface area (Å²) >= 11 is 0. The maximum absolute atomic E-state index is 12.1. The van der Waals surface area contributed by atoms with Gasteiger partial charge >= 0.3 is 41.8 Å². The largest absolute Gasteiger partial charge is 0.481 e. The molecule has 0 aromatic carbocycles. The minimum absolute atomic E-state index is 0.112. The van der Waals surface area contributed by atoms with Crippen molar-refractivity contribution in [2.75, 3.05) is 45.8 Å². The van der Waals surface area contributed by atoms with E-state index in [-0.39, 0.29) is 19.6 Å². The molecule has 0 saturated carbocycles. The third-order valence-electron chi connectivity index (χ3n) is 5.71. The third-order valence-corrected chi connectivity index (χ3v) is 5.71. The first-order chi connectivity index (χ1) is 17.5. The second-order valence-corrected chi connectivity index (χ2v) is 8.34. The molecule has 0 aromatic rings. The Hall–Kier alpha value is -3.87. The van der Waals surface area contributed by atoms with Crippen molar-refractivity contribution in [1.29, 1.82) is 0 Å². The summed E-state index contributed by atoms with van der Waals surface area (Å²) in [6.07, 6.45) is -5.68. The smallest absolute Gasteiger partial charge is 0.317 e. The van der Waals surface area contributed by atoms with Crippen LogP contribution in [0.15, 0.2) is 0 Å². The van der Waals surface area contributed by atoms with Crippen molar-refractivity contribution >= 4 is 41.8 Å². The summed E-state index contributed by atoms with van der Waals surface area (Å²) in [4.78, 5) is 84.6. The molecule has 18 heteroatoms. The number of hydrogen-bond donors (Lipinski definition) is 9. The topological polar surface area (TPSA) is 306 Å². The number of nitrogens with zero attached hydrogens (tertiary/aromatic N) is 2. The Bertz CT molecular complexity index is 860. The molecule has 0 aromatic heterocycles. The van der Waals surface area contributed by atoms with Crippen LogP contribution in [0.25, 0.3) is 0 Å². The van der Waals surface area contributed by atoms with Crippen LogP contribution in [0.3, 0.4) is 0 Å². The zero-order chi connectivity index (χ0) is 29.7. The molecule has 216 valence electrons. The molecule has 0 fully saturated rings. The monoisotopic (exact) mass is 552 g/mol. The van der Waals surface area contributed by atoms with E-state index in [9.17, 15) is 69.3 Å². The Balaban J connectivity index is 7.85. The molecule has 0 aliphatic carbocycles. The second kappa shape index (κ2) is 15.4. The van der Waals surface area contributed by atoms with Crippen LogP contribution < -0.4 is 11.1 Å². The predicted molar refractivity (Wildman–Crippen MR) is 122 cm³/mol. The van der Waals surface area contributed by atoms with Crippen LogP contribution in [0.2, 0.25) is 0 Å². The van der Waals surface area contributed by atoms with Crippen LogP contribution in [0.5, 0.6) is 0 Å². The fourth-order valence-corrected chi connectivity index (χ4v) is 4.55. The van der Waals surface area contributed by atoms with Gasteiger partial charge in [0.1, 0.15) is 0 Å². The van der Waals surface area contributed by atoms with E-state index in [2.05, 4.69) is 5.32 Å². The van der Waals surface area contributed by atoms with Gasteiger partial charge in [0.2, 0.25) is 0 Å². The molecule has 0 saturated heterocycles. The molecule has 0 heterocycles.